The van der Waals surface area contributed by atoms with E-state index in [9.17, 15) is 0 Å². The zero-order valence-corrected chi connectivity index (χ0v) is 11.8. The normalized spacial score (nSPS) is 16.7. The number of anilines is 1. The summed E-state index contributed by atoms with van der Waals surface area (Å²) < 4.78 is 4.06. The van der Waals surface area contributed by atoms with Gasteiger partial charge in [-0.15, -0.1) is 0 Å². The maximum absolute atomic E-state index is 4.55. The number of aromatic nitrogens is 5. The number of hydrogen-bond acceptors (Lipinski definition) is 4. The van der Waals surface area contributed by atoms with Gasteiger partial charge in [0.05, 0.1) is 12.5 Å². The van der Waals surface area contributed by atoms with Gasteiger partial charge in [0, 0.05) is 44.4 Å². The predicted molar refractivity (Wildman–Crippen MR) is 80.2 cm³/mol. The van der Waals surface area contributed by atoms with Crippen molar-refractivity contribution < 1.29 is 0 Å². The summed E-state index contributed by atoms with van der Waals surface area (Å²) in [6.07, 6.45) is 13.7. The number of piperidine rings is 1. The van der Waals surface area contributed by atoms with Crippen molar-refractivity contribution in [2.45, 2.75) is 19.4 Å². The molecule has 0 N–H and O–H groups in total. The zero-order valence-electron chi connectivity index (χ0n) is 11.8. The lowest BCUT2D eigenvalue weighted by Gasteiger charge is -2.33. The number of hydrogen-bond donors (Lipinski definition) is 0. The molecule has 0 aromatic carbocycles. The molecule has 3 aromatic heterocycles. The summed E-state index contributed by atoms with van der Waals surface area (Å²) in [7, 11) is 0. The van der Waals surface area contributed by atoms with Crippen molar-refractivity contribution in [1.29, 1.82) is 0 Å². The molecule has 21 heavy (non-hydrogen) atoms. The van der Waals surface area contributed by atoms with E-state index in [4.69, 9.17) is 0 Å². The first-order valence-electron chi connectivity index (χ1n) is 7.39. The molecule has 6 heteroatoms. The van der Waals surface area contributed by atoms with Crippen molar-refractivity contribution in [1.82, 2.24) is 24.1 Å². The fraction of sp³-hybridized carbons (Fsp3) is 0.400. The van der Waals surface area contributed by atoms with Gasteiger partial charge in [0.1, 0.15) is 5.52 Å². The number of rotatable bonds is 3. The highest BCUT2D eigenvalue weighted by Crippen LogP contribution is 2.25. The molecule has 1 aliphatic rings. The molecule has 0 aliphatic carbocycles. The highest BCUT2D eigenvalue weighted by Gasteiger charge is 2.22. The Balaban J connectivity index is 1.46. The Kier molecular flexibility index (Phi) is 3.06. The van der Waals surface area contributed by atoms with Crippen LogP contribution in [0.15, 0.2) is 43.4 Å². The van der Waals surface area contributed by atoms with E-state index in [1.54, 1.807) is 0 Å². The van der Waals surface area contributed by atoms with Crippen LogP contribution in [0.3, 0.4) is 0 Å². The van der Waals surface area contributed by atoms with Crippen LogP contribution in [0.2, 0.25) is 0 Å². The fourth-order valence-electron chi connectivity index (χ4n) is 3.08. The summed E-state index contributed by atoms with van der Waals surface area (Å²) in [4.78, 5) is 11.1. The van der Waals surface area contributed by atoms with Gasteiger partial charge in [0.15, 0.2) is 5.82 Å². The summed E-state index contributed by atoms with van der Waals surface area (Å²) in [5, 5.41) is 4.30. The third-order valence-corrected chi connectivity index (χ3v) is 4.24. The minimum absolute atomic E-state index is 0.700. The first-order valence-corrected chi connectivity index (χ1v) is 7.39. The van der Waals surface area contributed by atoms with Crippen LogP contribution < -0.4 is 4.90 Å². The maximum Gasteiger partial charge on any atom is 0.154 e. The summed E-state index contributed by atoms with van der Waals surface area (Å²) in [5.41, 5.74) is 1.09. The monoisotopic (exact) mass is 282 g/mol. The second-order valence-electron chi connectivity index (χ2n) is 5.60. The van der Waals surface area contributed by atoms with Gasteiger partial charge in [0.25, 0.3) is 0 Å². The Morgan fingerprint density at radius 2 is 2.05 bits per heavy atom. The highest BCUT2D eigenvalue weighted by atomic mass is 15.3. The smallest absolute Gasteiger partial charge is 0.154 e. The van der Waals surface area contributed by atoms with Crippen molar-refractivity contribution >= 4 is 11.3 Å². The zero-order chi connectivity index (χ0) is 14.1. The van der Waals surface area contributed by atoms with Crippen LogP contribution in [0.4, 0.5) is 5.82 Å². The summed E-state index contributed by atoms with van der Waals surface area (Å²) in [6, 6.07) is 1.99. The molecule has 0 unspecified atom stereocenters. The molecule has 0 amide bonds. The van der Waals surface area contributed by atoms with Gasteiger partial charge in [-0.1, -0.05) is 0 Å². The van der Waals surface area contributed by atoms with Gasteiger partial charge < -0.3 is 9.30 Å². The first-order chi connectivity index (χ1) is 10.4. The molecule has 0 radical (unpaired) electrons. The first kappa shape index (κ1) is 12.4. The molecule has 1 saturated heterocycles. The van der Waals surface area contributed by atoms with Crippen LogP contribution in [0.1, 0.15) is 12.8 Å². The molecule has 1 fully saturated rings. The second kappa shape index (κ2) is 5.20. The van der Waals surface area contributed by atoms with E-state index in [0.29, 0.717) is 5.92 Å². The van der Waals surface area contributed by atoms with Gasteiger partial charge in [-0.25, -0.2) is 9.97 Å². The number of fused-ring (bicyclic) bond motifs is 1. The Bertz CT molecular complexity index is 709. The van der Waals surface area contributed by atoms with E-state index in [1.165, 1.54) is 12.8 Å². The minimum atomic E-state index is 0.700. The van der Waals surface area contributed by atoms with Crippen molar-refractivity contribution in [2.75, 3.05) is 18.0 Å². The Hall–Kier alpha value is -2.37. The van der Waals surface area contributed by atoms with E-state index >= 15 is 0 Å². The van der Waals surface area contributed by atoms with E-state index in [-0.39, 0.29) is 0 Å². The maximum atomic E-state index is 4.55. The van der Waals surface area contributed by atoms with Crippen molar-refractivity contribution in [3.05, 3.63) is 43.4 Å². The SMILES string of the molecule is c1cnn(CC2CCN(c3nccn4cncc34)CC2)c1. The van der Waals surface area contributed by atoms with E-state index in [2.05, 4.69) is 20.0 Å². The van der Waals surface area contributed by atoms with Crippen LogP contribution in [0.5, 0.6) is 0 Å². The molecule has 0 spiro atoms. The molecule has 0 atom stereocenters. The molecule has 4 heterocycles. The minimum Gasteiger partial charge on any atom is -0.355 e. The van der Waals surface area contributed by atoms with Gasteiger partial charge in [-0.2, -0.15) is 5.10 Å². The van der Waals surface area contributed by atoms with Crippen LogP contribution in [0.25, 0.3) is 5.52 Å². The third-order valence-electron chi connectivity index (χ3n) is 4.24. The molecule has 1 aliphatic heterocycles. The topological polar surface area (TPSA) is 51.2 Å². The summed E-state index contributed by atoms with van der Waals surface area (Å²) in [5.74, 6) is 1.75. The standard InChI is InChI=1S/C15H18N6/c1-4-18-21(6-1)11-13-2-7-19(8-3-13)15-14-10-16-12-20(14)9-5-17-15/h1,4-6,9-10,12-13H,2-3,7-8,11H2. The van der Waals surface area contributed by atoms with Gasteiger partial charge >= 0.3 is 0 Å². The number of nitrogens with zero attached hydrogens (tertiary/aromatic N) is 6. The van der Waals surface area contributed by atoms with E-state index in [1.807, 2.05) is 52.5 Å². The molecule has 6 nitrogen and oxygen atoms in total. The van der Waals surface area contributed by atoms with Gasteiger partial charge in [-0.05, 0) is 24.8 Å². The molecule has 0 saturated carbocycles. The number of imidazole rings is 1. The van der Waals surface area contributed by atoms with Gasteiger partial charge in [0.2, 0.25) is 0 Å². The Labute approximate surface area is 123 Å². The molecule has 3 aromatic rings. The van der Waals surface area contributed by atoms with Crippen molar-refractivity contribution in [3.63, 3.8) is 0 Å². The van der Waals surface area contributed by atoms with Crippen molar-refractivity contribution in [3.8, 4) is 0 Å². The molecule has 108 valence electrons. The van der Waals surface area contributed by atoms with Crippen LogP contribution in [0, 0.1) is 5.92 Å². The Morgan fingerprint density at radius 1 is 1.14 bits per heavy atom. The molecule has 4 rings (SSSR count). The average molecular weight is 282 g/mol. The van der Waals surface area contributed by atoms with Crippen LogP contribution >= 0.6 is 0 Å². The third kappa shape index (κ3) is 2.37. The fourth-order valence-corrected chi connectivity index (χ4v) is 3.08. The Morgan fingerprint density at radius 3 is 2.86 bits per heavy atom. The van der Waals surface area contributed by atoms with Crippen LogP contribution in [-0.2, 0) is 6.54 Å². The average Bonchev–Trinajstić information content (AvgIpc) is 3.18. The van der Waals surface area contributed by atoms with Gasteiger partial charge in [-0.3, -0.25) is 4.68 Å². The highest BCUT2D eigenvalue weighted by molar-refractivity contribution is 5.67. The molecular weight excluding hydrogens is 264 g/mol. The molecule has 0 bridgehead atoms. The lowest BCUT2D eigenvalue weighted by atomic mass is 9.97. The largest absolute Gasteiger partial charge is 0.355 e. The summed E-state index contributed by atoms with van der Waals surface area (Å²) in [6.45, 7) is 3.11. The second-order valence-corrected chi connectivity index (χ2v) is 5.60. The van der Waals surface area contributed by atoms with Crippen LogP contribution in [-0.4, -0.2) is 37.2 Å². The summed E-state index contributed by atoms with van der Waals surface area (Å²) >= 11 is 0. The lowest BCUT2D eigenvalue weighted by molar-refractivity contribution is 0.342. The molecular formula is C15H18N6. The van der Waals surface area contributed by atoms with E-state index in [0.717, 1.165) is 31.0 Å². The lowest BCUT2D eigenvalue weighted by Crippen LogP contribution is -2.35. The quantitative estimate of drug-likeness (QED) is 0.735. The van der Waals surface area contributed by atoms with Crippen molar-refractivity contribution in [2.24, 2.45) is 5.92 Å². The van der Waals surface area contributed by atoms with E-state index < -0.39 is 0 Å². The predicted octanol–water partition coefficient (Wildman–Crippen LogP) is 1.84.